The molecular weight excluding hydrogens is 466 g/mol. The van der Waals surface area contributed by atoms with Crippen LogP contribution in [-0.2, 0) is 0 Å². The van der Waals surface area contributed by atoms with Crippen LogP contribution in [-0.4, -0.2) is 14.5 Å². The highest BCUT2D eigenvalue weighted by Crippen LogP contribution is 2.37. The van der Waals surface area contributed by atoms with Gasteiger partial charge in [-0.3, -0.25) is 9.55 Å². The Labute approximate surface area is 220 Å². The first-order valence-electron chi connectivity index (χ1n) is 12.6. The molecule has 3 heterocycles. The Balaban J connectivity index is 1.38. The minimum Gasteiger partial charge on any atom is -0.457 e. The van der Waals surface area contributed by atoms with Crippen LogP contribution in [0.2, 0.25) is 0 Å². The van der Waals surface area contributed by atoms with Crippen LogP contribution >= 0.6 is 0 Å². The van der Waals surface area contributed by atoms with E-state index in [2.05, 4.69) is 76.3 Å². The molecule has 0 N–H and O–H groups in total. The fourth-order valence-electron chi connectivity index (χ4n) is 5.05. The van der Waals surface area contributed by atoms with Crippen molar-refractivity contribution in [1.29, 1.82) is 0 Å². The molecule has 38 heavy (non-hydrogen) atoms. The average molecular weight is 490 g/mol. The van der Waals surface area contributed by atoms with Gasteiger partial charge in [0.2, 0.25) is 0 Å². The smallest absolute Gasteiger partial charge is 0.145 e. The van der Waals surface area contributed by atoms with Gasteiger partial charge in [0.25, 0.3) is 0 Å². The topological polar surface area (TPSA) is 39.9 Å². The van der Waals surface area contributed by atoms with Crippen LogP contribution < -0.4 is 4.74 Å². The maximum Gasteiger partial charge on any atom is 0.145 e. The Hall–Kier alpha value is -5.22. The second-order valence-corrected chi connectivity index (χ2v) is 9.12. The number of rotatable bonds is 5. The first kappa shape index (κ1) is 22.0. The Morgan fingerprint density at radius 3 is 2.16 bits per heavy atom. The van der Waals surface area contributed by atoms with E-state index in [0.29, 0.717) is 0 Å². The summed E-state index contributed by atoms with van der Waals surface area (Å²) in [5, 5.41) is 2.33. The van der Waals surface area contributed by atoms with Gasteiger partial charge in [-0.15, -0.1) is 0 Å². The summed E-state index contributed by atoms with van der Waals surface area (Å²) in [6.07, 6.45) is 3.66. The Kier molecular flexibility index (Phi) is 5.41. The molecule has 0 aliphatic carbocycles. The van der Waals surface area contributed by atoms with Crippen molar-refractivity contribution in [3.63, 3.8) is 0 Å². The Morgan fingerprint density at radius 1 is 0.500 bits per heavy atom. The van der Waals surface area contributed by atoms with Crippen LogP contribution in [0.3, 0.4) is 0 Å². The zero-order valence-electron chi connectivity index (χ0n) is 20.5. The fourth-order valence-corrected chi connectivity index (χ4v) is 5.05. The molecule has 0 atom stereocenters. The molecular formula is C34H23N3O. The third-order valence-electron chi connectivity index (χ3n) is 6.76. The number of ether oxygens (including phenoxy) is 1. The molecule has 7 rings (SSSR count). The van der Waals surface area contributed by atoms with Crippen LogP contribution in [0.4, 0.5) is 0 Å². The summed E-state index contributed by atoms with van der Waals surface area (Å²) in [5.74, 6) is 2.41. The number of benzene rings is 4. The van der Waals surface area contributed by atoms with Crippen molar-refractivity contribution in [2.45, 2.75) is 0 Å². The van der Waals surface area contributed by atoms with E-state index in [1.165, 1.54) is 5.39 Å². The molecule has 0 aliphatic heterocycles. The van der Waals surface area contributed by atoms with Crippen molar-refractivity contribution in [2.24, 2.45) is 0 Å². The van der Waals surface area contributed by atoms with E-state index in [-0.39, 0.29) is 0 Å². The van der Waals surface area contributed by atoms with Crippen LogP contribution in [0, 0.1) is 0 Å². The molecule has 0 saturated carbocycles. The third kappa shape index (κ3) is 3.89. The Bertz CT molecular complexity index is 1890. The first-order chi connectivity index (χ1) is 18.8. The van der Waals surface area contributed by atoms with Gasteiger partial charge in [0.15, 0.2) is 0 Å². The highest BCUT2D eigenvalue weighted by atomic mass is 16.5. The fraction of sp³-hybridized carbons (Fsp3) is 0. The standard InChI is InChI=1S/C34H23N3O/c1-2-10-24(11-3-1)28-15-9-21-36-34(28)37-32-17-5-4-14-29(32)30-19-18-27(23-33(30)37)38-26-13-8-12-25(22-26)31-16-6-7-20-35-31/h1-23H. The van der Waals surface area contributed by atoms with E-state index in [1.54, 1.807) is 6.20 Å². The molecule has 0 aliphatic rings. The molecule has 0 bridgehead atoms. The van der Waals surface area contributed by atoms with Crippen molar-refractivity contribution in [1.82, 2.24) is 14.5 Å². The van der Waals surface area contributed by atoms with Crippen molar-refractivity contribution < 1.29 is 4.74 Å². The second kappa shape index (κ2) is 9.34. The second-order valence-electron chi connectivity index (χ2n) is 9.12. The van der Waals surface area contributed by atoms with Crippen LogP contribution in [0.1, 0.15) is 0 Å². The van der Waals surface area contributed by atoms with Gasteiger partial charge in [-0.2, -0.15) is 0 Å². The molecule has 0 unspecified atom stereocenters. The molecule has 7 aromatic rings. The molecule has 0 spiro atoms. The van der Waals surface area contributed by atoms with Crippen molar-refractivity contribution in [3.05, 3.63) is 140 Å². The summed E-state index contributed by atoms with van der Waals surface area (Å²) in [5.41, 5.74) is 6.27. The number of fused-ring (bicyclic) bond motifs is 3. The molecule has 4 nitrogen and oxygen atoms in total. The highest BCUT2D eigenvalue weighted by molar-refractivity contribution is 6.10. The minimum absolute atomic E-state index is 0.761. The molecule has 0 saturated heterocycles. The lowest BCUT2D eigenvalue weighted by atomic mass is 10.1. The maximum absolute atomic E-state index is 6.39. The molecule has 4 heteroatoms. The Morgan fingerprint density at radius 2 is 1.26 bits per heavy atom. The zero-order chi connectivity index (χ0) is 25.3. The lowest BCUT2D eigenvalue weighted by molar-refractivity contribution is 0.483. The van der Waals surface area contributed by atoms with Crippen molar-refractivity contribution in [3.8, 4) is 39.7 Å². The normalized spacial score (nSPS) is 11.2. The summed E-state index contributed by atoms with van der Waals surface area (Å²) in [6, 6.07) is 43.2. The summed E-state index contributed by atoms with van der Waals surface area (Å²) >= 11 is 0. The molecule has 0 amide bonds. The van der Waals surface area contributed by atoms with Gasteiger partial charge in [-0.1, -0.05) is 66.7 Å². The average Bonchev–Trinajstić information content (AvgIpc) is 3.32. The van der Waals surface area contributed by atoms with Gasteiger partial charge in [0.1, 0.15) is 17.3 Å². The summed E-state index contributed by atoms with van der Waals surface area (Å²) in [6.45, 7) is 0. The number of para-hydroxylation sites is 1. The quantitative estimate of drug-likeness (QED) is 0.243. The predicted octanol–water partition coefficient (Wildman–Crippen LogP) is 8.70. The van der Waals surface area contributed by atoms with Crippen molar-refractivity contribution in [2.75, 3.05) is 0 Å². The van der Waals surface area contributed by atoms with E-state index in [9.17, 15) is 0 Å². The summed E-state index contributed by atoms with van der Waals surface area (Å²) in [7, 11) is 0. The minimum atomic E-state index is 0.761. The van der Waals surface area contributed by atoms with Gasteiger partial charge in [-0.25, -0.2) is 4.98 Å². The van der Waals surface area contributed by atoms with E-state index >= 15 is 0 Å². The van der Waals surface area contributed by atoms with E-state index in [1.807, 2.05) is 66.9 Å². The summed E-state index contributed by atoms with van der Waals surface area (Å²) < 4.78 is 8.63. The first-order valence-corrected chi connectivity index (χ1v) is 12.6. The molecule has 180 valence electrons. The number of pyridine rings is 2. The lowest BCUT2D eigenvalue weighted by Gasteiger charge is -2.13. The highest BCUT2D eigenvalue weighted by Gasteiger charge is 2.17. The van der Waals surface area contributed by atoms with Crippen molar-refractivity contribution >= 4 is 21.8 Å². The van der Waals surface area contributed by atoms with Crippen LogP contribution in [0.15, 0.2) is 140 Å². The van der Waals surface area contributed by atoms with Gasteiger partial charge < -0.3 is 4.74 Å². The number of nitrogens with zero attached hydrogens (tertiary/aromatic N) is 3. The van der Waals surface area contributed by atoms with Gasteiger partial charge >= 0.3 is 0 Å². The van der Waals surface area contributed by atoms with E-state index in [0.717, 1.165) is 56.1 Å². The molecule has 4 aromatic carbocycles. The monoisotopic (exact) mass is 489 g/mol. The zero-order valence-corrected chi connectivity index (χ0v) is 20.5. The van der Waals surface area contributed by atoms with Crippen LogP contribution in [0.25, 0.3) is 50.0 Å². The number of aromatic nitrogens is 3. The van der Waals surface area contributed by atoms with Gasteiger partial charge in [0.05, 0.1) is 16.7 Å². The molecule has 0 radical (unpaired) electrons. The largest absolute Gasteiger partial charge is 0.457 e. The molecule has 0 fully saturated rings. The maximum atomic E-state index is 6.39. The number of hydrogen-bond donors (Lipinski definition) is 0. The van der Waals surface area contributed by atoms with E-state index < -0.39 is 0 Å². The third-order valence-corrected chi connectivity index (χ3v) is 6.76. The van der Waals surface area contributed by atoms with Crippen LogP contribution in [0.5, 0.6) is 11.5 Å². The summed E-state index contributed by atoms with van der Waals surface area (Å²) in [4.78, 5) is 9.35. The molecule has 3 aromatic heterocycles. The van der Waals surface area contributed by atoms with Gasteiger partial charge in [-0.05, 0) is 60.2 Å². The lowest BCUT2D eigenvalue weighted by Crippen LogP contribution is -2.00. The van der Waals surface area contributed by atoms with Gasteiger partial charge in [0, 0.05) is 40.4 Å². The predicted molar refractivity (Wildman–Crippen MR) is 154 cm³/mol. The number of hydrogen-bond acceptors (Lipinski definition) is 3. The van der Waals surface area contributed by atoms with E-state index in [4.69, 9.17) is 9.72 Å². The SMILES string of the molecule is c1ccc(-c2cccnc2-n2c3ccccc3c3ccc(Oc4cccc(-c5ccccn5)c4)cc32)cc1.